The van der Waals surface area contributed by atoms with Gasteiger partial charge in [0.05, 0.1) is 18.4 Å². The van der Waals surface area contributed by atoms with Crippen molar-refractivity contribution < 1.29 is 14.3 Å². The number of carbonyl (C=O) groups is 2. The number of ether oxygens (including phenoxy) is 1. The van der Waals surface area contributed by atoms with E-state index in [2.05, 4.69) is 34.3 Å². The molecule has 0 aliphatic carbocycles. The number of amides is 2. The maximum atomic E-state index is 13.0. The molecule has 1 aromatic heterocycles. The fourth-order valence-electron chi connectivity index (χ4n) is 3.81. The number of thioether (sulfide) groups is 1. The number of hydrogen-bond acceptors (Lipinski definition) is 6. The van der Waals surface area contributed by atoms with E-state index in [1.54, 1.807) is 37.5 Å². The van der Waals surface area contributed by atoms with Crippen LogP contribution in [0.15, 0.2) is 66.3 Å². The molecule has 2 atom stereocenters. The normalized spacial score (nSPS) is 12.6. The van der Waals surface area contributed by atoms with E-state index in [-0.39, 0.29) is 17.7 Å². The van der Waals surface area contributed by atoms with Crippen molar-refractivity contribution in [3.05, 3.63) is 78.1 Å². The lowest BCUT2D eigenvalue weighted by atomic mass is 10.0. The Morgan fingerprint density at radius 3 is 2.43 bits per heavy atom. The molecule has 0 bridgehead atoms. The number of allylic oxidation sites excluding steroid dienone is 1. The molecule has 0 aliphatic heterocycles. The molecule has 0 fully saturated rings. The lowest BCUT2D eigenvalue weighted by molar-refractivity contribution is -0.115. The number of nitrogens with one attached hydrogen (secondary N) is 2. The number of carbonyl (C=O) groups excluding carboxylic acids is 2. The number of nitrogens with zero attached hydrogens (tertiary/aromatic N) is 3. The van der Waals surface area contributed by atoms with Gasteiger partial charge in [-0.2, -0.15) is 0 Å². The summed E-state index contributed by atoms with van der Waals surface area (Å²) in [5.41, 5.74) is 2.42. The van der Waals surface area contributed by atoms with E-state index in [4.69, 9.17) is 4.74 Å². The summed E-state index contributed by atoms with van der Waals surface area (Å²) in [5.74, 6) is 1.00. The largest absolute Gasteiger partial charge is 0.497 e. The van der Waals surface area contributed by atoms with Gasteiger partial charge < -0.3 is 19.9 Å². The van der Waals surface area contributed by atoms with E-state index in [9.17, 15) is 9.59 Å². The maximum Gasteiger partial charge on any atom is 0.251 e. The molecule has 0 saturated heterocycles. The van der Waals surface area contributed by atoms with Crippen molar-refractivity contribution in [1.29, 1.82) is 0 Å². The Balaban J connectivity index is 1.79. The van der Waals surface area contributed by atoms with E-state index < -0.39 is 11.3 Å². The van der Waals surface area contributed by atoms with E-state index in [1.165, 1.54) is 11.8 Å². The molecule has 0 radical (unpaired) electrons. The molecule has 0 saturated carbocycles. The van der Waals surface area contributed by atoms with Crippen LogP contribution in [0.3, 0.4) is 0 Å². The van der Waals surface area contributed by atoms with Crippen LogP contribution in [0.25, 0.3) is 0 Å². The first-order chi connectivity index (χ1) is 17.8. The molecule has 37 heavy (non-hydrogen) atoms. The highest BCUT2D eigenvalue weighted by atomic mass is 32.2. The Labute approximate surface area is 222 Å². The summed E-state index contributed by atoms with van der Waals surface area (Å²) >= 11 is 1.32. The summed E-state index contributed by atoms with van der Waals surface area (Å²) in [4.78, 5) is 26.0. The number of para-hydroxylation sites is 1. The predicted octanol–water partition coefficient (Wildman–Crippen LogP) is 5.28. The second kappa shape index (κ2) is 13.1. The number of aromatic nitrogens is 3. The van der Waals surface area contributed by atoms with Gasteiger partial charge in [-0.3, -0.25) is 9.59 Å². The van der Waals surface area contributed by atoms with Crippen molar-refractivity contribution in [3.63, 3.8) is 0 Å². The quantitative estimate of drug-likeness (QED) is 0.249. The van der Waals surface area contributed by atoms with E-state index in [0.717, 1.165) is 17.7 Å². The zero-order chi connectivity index (χ0) is 26.9. The van der Waals surface area contributed by atoms with E-state index in [0.29, 0.717) is 28.8 Å². The standard InChI is InChI=1S/C28H35N5O3S/c1-7-17-33-25(24(18(3)4)30-27(35)21-13-15-22(36-6)16-14-21)31-32-28(33)37-19(5)26(34)29-23-12-10-9-11-20(23)8-2/h7,9-16,18-19,24H,1,8,17H2,2-6H3,(H,29,34)(H,30,35). The van der Waals surface area contributed by atoms with E-state index >= 15 is 0 Å². The Hall–Kier alpha value is -3.59. The molecular weight excluding hydrogens is 486 g/mol. The molecule has 196 valence electrons. The molecule has 8 nitrogen and oxygen atoms in total. The van der Waals surface area contributed by atoms with Gasteiger partial charge in [0.15, 0.2) is 11.0 Å². The molecular formula is C28H35N5O3S. The number of anilines is 1. The lowest BCUT2D eigenvalue weighted by Crippen LogP contribution is -2.34. The first kappa shape index (κ1) is 28.0. The van der Waals surface area contributed by atoms with Gasteiger partial charge in [0.2, 0.25) is 5.91 Å². The van der Waals surface area contributed by atoms with Gasteiger partial charge >= 0.3 is 0 Å². The number of benzene rings is 2. The van der Waals surface area contributed by atoms with Crippen LogP contribution in [-0.4, -0.2) is 38.9 Å². The smallest absolute Gasteiger partial charge is 0.251 e. The summed E-state index contributed by atoms with van der Waals surface area (Å²) in [6.07, 6.45) is 2.58. The number of aryl methyl sites for hydroxylation is 1. The molecule has 3 aromatic rings. The highest BCUT2D eigenvalue weighted by molar-refractivity contribution is 8.00. The Morgan fingerprint density at radius 2 is 1.81 bits per heavy atom. The van der Waals surface area contributed by atoms with Gasteiger partial charge in [-0.15, -0.1) is 16.8 Å². The molecule has 9 heteroatoms. The van der Waals surface area contributed by atoms with Crippen LogP contribution in [0.5, 0.6) is 5.75 Å². The van der Waals surface area contributed by atoms with Crippen LogP contribution in [0, 0.1) is 5.92 Å². The lowest BCUT2D eigenvalue weighted by Gasteiger charge is -2.23. The van der Waals surface area contributed by atoms with Crippen molar-refractivity contribution in [3.8, 4) is 5.75 Å². The molecule has 2 amide bonds. The predicted molar refractivity (Wildman–Crippen MR) is 148 cm³/mol. The minimum Gasteiger partial charge on any atom is -0.497 e. The van der Waals surface area contributed by atoms with Crippen molar-refractivity contribution in [2.45, 2.75) is 57.1 Å². The summed E-state index contributed by atoms with van der Waals surface area (Å²) in [5, 5.41) is 15.1. The van der Waals surface area contributed by atoms with Gasteiger partial charge in [-0.05, 0) is 55.2 Å². The van der Waals surface area contributed by atoms with Gasteiger partial charge in [-0.1, -0.05) is 56.8 Å². The Morgan fingerprint density at radius 1 is 1.11 bits per heavy atom. The third-order valence-electron chi connectivity index (χ3n) is 5.95. The average molecular weight is 522 g/mol. The zero-order valence-corrected chi connectivity index (χ0v) is 22.8. The molecule has 2 unspecified atom stereocenters. The first-order valence-electron chi connectivity index (χ1n) is 12.3. The summed E-state index contributed by atoms with van der Waals surface area (Å²) in [6, 6.07) is 14.3. The minimum atomic E-state index is -0.420. The van der Waals surface area contributed by atoms with Crippen LogP contribution >= 0.6 is 11.8 Å². The van der Waals surface area contributed by atoms with Crippen molar-refractivity contribution in [2.75, 3.05) is 12.4 Å². The van der Waals surface area contributed by atoms with Crippen LogP contribution in [-0.2, 0) is 17.8 Å². The highest BCUT2D eigenvalue weighted by Gasteiger charge is 2.28. The van der Waals surface area contributed by atoms with Gasteiger partial charge in [0, 0.05) is 17.8 Å². The Bertz CT molecular complexity index is 1220. The monoisotopic (exact) mass is 521 g/mol. The third-order valence-corrected chi connectivity index (χ3v) is 7.03. The molecule has 2 aromatic carbocycles. The Kier molecular flexibility index (Phi) is 9.91. The minimum absolute atomic E-state index is 0.0408. The van der Waals surface area contributed by atoms with Gasteiger partial charge in [0.25, 0.3) is 5.91 Å². The first-order valence-corrected chi connectivity index (χ1v) is 13.2. The highest BCUT2D eigenvalue weighted by Crippen LogP contribution is 2.29. The SMILES string of the molecule is C=CCn1c(SC(C)C(=O)Nc2ccccc2CC)nnc1C(NC(=O)c1ccc(OC)cc1)C(C)C. The molecule has 2 N–H and O–H groups in total. The summed E-state index contributed by atoms with van der Waals surface area (Å²) in [7, 11) is 1.58. The van der Waals surface area contributed by atoms with Crippen LogP contribution in [0.4, 0.5) is 5.69 Å². The third kappa shape index (κ3) is 7.01. The van der Waals surface area contributed by atoms with Crippen LogP contribution in [0.2, 0.25) is 0 Å². The molecule has 0 aliphatic rings. The topological polar surface area (TPSA) is 98.1 Å². The number of methoxy groups -OCH3 is 1. The zero-order valence-electron chi connectivity index (χ0n) is 22.0. The fraction of sp³-hybridized carbons (Fsp3) is 0.357. The van der Waals surface area contributed by atoms with Crippen LogP contribution < -0.4 is 15.4 Å². The molecule has 1 heterocycles. The summed E-state index contributed by atoms with van der Waals surface area (Å²) < 4.78 is 7.09. The second-order valence-electron chi connectivity index (χ2n) is 8.92. The number of hydrogen-bond donors (Lipinski definition) is 2. The second-order valence-corrected chi connectivity index (χ2v) is 10.2. The number of rotatable bonds is 12. The van der Waals surface area contributed by atoms with Crippen LogP contribution in [0.1, 0.15) is 55.5 Å². The maximum absolute atomic E-state index is 13.0. The van der Waals surface area contributed by atoms with E-state index in [1.807, 2.05) is 49.6 Å². The molecule has 0 spiro atoms. The fourth-order valence-corrected chi connectivity index (χ4v) is 4.68. The van der Waals surface area contributed by atoms with Crippen molar-refractivity contribution in [2.24, 2.45) is 5.92 Å². The van der Waals surface area contributed by atoms with Crippen molar-refractivity contribution >= 4 is 29.3 Å². The average Bonchev–Trinajstić information content (AvgIpc) is 3.28. The van der Waals surface area contributed by atoms with Crippen molar-refractivity contribution in [1.82, 2.24) is 20.1 Å². The summed E-state index contributed by atoms with van der Waals surface area (Å²) in [6.45, 7) is 12.2. The van der Waals surface area contributed by atoms with Gasteiger partial charge in [-0.25, -0.2) is 0 Å². The molecule has 3 rings (SSSR count). The van der Waals surface area contributed by atoms with Gasteiger partial charge in [0.1, 0.15) is 5.75 Å².